The van der Waals surface area contributed by atoms with E-state index in [1.807, 2.05) is 30.3 Å². The summed E-state index contributed by atoms with van der Waals surface area (Å²) in [6.45, 7) is 0.0696. The van der Waals surface area contributed by atoms with Gasteiger partial charge in [0.2, 0.25) is 10.0 Å². The van der Waals surface area contributed by atoms with Gasteiger partial charge in [-0.1, -0.05) is 36.4 Å². The van der Waals surface area contributed by atoms with Gasteiger partial charge in [-0.25, -0.2) is 21.9 Å². The Kier molecular flexibility index (Phi) is 4.46. The Morgan fingerprint density at radius 3 is 2.10 bits per heavy atom. The summed E-state index contributed by atoms with van der Waals surface area (Å²) in [5.74, 6) is -2.20. The molecular weight excluding hydrogens is 284 g/mol. The Labute approximate surface area is 116 Å². The summed E-state index contributed by atoms with van der Waals surface area (Å²) in [5, 5.41) is 0. The first-order chi connectivity index (χ1) is 9.50. The molecule has 20 heavy (non-hydrogen) atoms. The van der Waals surface area contributed by atoms with Gasteiger partial charge in [0.15, 0.2) is 4.90 Å². The molecular formula is C14H13F2NO2S. The summed E-state index contributed by atoms with van der Waals surface area (Å²) in [7, 11) is -4.19. The topological polar surface area (TPSA) is 46.2 Å². The number of benzene rings is 2. The van der Waals surface area contributed by atoms with Crippen LogP contribution in [-0.4, -0.2) is 15.0 Å². The number of hydrogen-bond donors (Lipinski definition) is 1. The molecule has 0 spiro atoms. The number of hydrogen-bond acceptors (Lipinski definition) is 2. The van der Waals surface area contributed by atoms with Gasteiger partial charge in [-0.2, -0.15) is 0 Å². The number of rotatable bonds is 5. The van der Waals surface area contributed by atoms with Crippen LogP contribution in [0.2, 0.25) is 0 Å². The summed E-state index contributed by atoms with van der Waals surface area (Å²) in [4.78, 5) is -0.937. The Balaban J connectivity index is 2.09. The third kappa shape index (κ3) is 3.40. The maximum Gasteiger partial charge on any atom is 0.246 e. The highest BCUT2D eigenvalue weighted by molar-refractivity contribution is 7.89. The van der Waals surface area contributed by atoms with E-state index in [-0.39, 0.29) is 6.54 Å². The molecule has 106 valence electrons. The molecule has 0 unspecified atom stereocenters. The van der Waals surface area contributed by atoms with E-state index < -0.39 is 26.6 Å². The van der Waals surface area contributed by atoms with Crippen molar-refractivity contribution in [2.75, 3.05) is 6.54 Å². The fourth-order valence-electron chi connectivity index (χ4n) is 1.79. The molecule has 2 aromatic rings. The molecule has 0 aliphatic heterocycles. The molecule has 3 nitrogen and oxygen atoms in total. The average Bonchev–Trinajstić information content (AvgIpc) is 2.39. The highest BCUT2D eigenvalue weighted by Gasteiger charge is 2.22. The van der Waals surface area contributed by atoms with Gasteiger partial charge in [0.05, 0.1) is 0 Å². The van der Waals surface area contributed by atoms with Gasteiger partial charge >= 0.3 is 0 Å². The lowest BCUT2D eigenvalue weighted by Gasteiger charge is -2.08. The second kappa shape index (κ2) is 6.11. The highest BCUT2D eigenvalue weighted by atomic mass is 32.2. The quantitative estimate of drug-likeness (QED) is 0.921. The summed E-state index contributed by atoms with van der Waals surface area (Å²) < 4.78 is 52.8. The van der Waals surface area contributed by atoms with Gasteiger partial charge in [-0.05, 0) is 24.1 Å². The van der Waals surface area contributed by atoms with Gasteiger partial charge < -0.3 is 0 Å². The third-order valence-electron chi connectivity index (χ3n) is 2.74. The van der Waals surface area contributed by atoms with Crippen LogP contribution < -0.4 is 4.72 Å². The van der Waals surface area contributed by atoms with Crippen LogP contribution in [0.4, 0.5) is 8.78 Å². The van der Waals surface area contributed by atoms with Crippen molar-refractivity contribution in [1.29, 1.82) is 0 Å². The Hall–Kier alpha value is -1.79. The molecule has 2 rings (SSSR count). The first kappa shape index (κ1) is 14.6. The standard InChI is InChI=1S/C14H13F2NO2S/c15-12-7-4-8-13(16)14(12)20(18,19)17-10-9-11-5-2-1-3-6-11/h1-8,17H,9-10H2. The van der Waals surface area contributed by atoms with Crippen molar-refractivity contribution < 1.29 is 17.2 Å². The smallest absolute Gasteiger partial charge is 0.211 e. The first-order valence-electron chi connectivity index (χ1n) is 5.98. The van der Waals surface area contributed by atoms with E-state index in [9.17, 15) is 17.2 Å². The highest BCUT2D eigenvalue weighted by Crippen LogP contribution is 2.17. The monoisotopic (exact) mass is 297 g/mol. The molecule has 0 aromatic heterocycles. The molecule has 0 heterocycles. The molecule has 0 aliphatic rings. The van der Waals surface area contributed by atoms with Crippen LogP contribution in [0, 0.1) is 11.6 Å². The molecule has 0 bridgehead atoms. The largest absolute Gasteiger partial charge is 0.246 e. The van der Waals surface area contributed by atoms with E-state index in [2.05, 4.69) is 4.72 Å². The third-order valence-corrected chi connectivity index (χ3v) is 4.25. The second-order valence-corrected chi connectivity index (χ2v) is 5.89. The number of nitrogens with one attached hydrogen (secondary N) is 1. The van der Waals surface area contributed by atoms with E-state index >= 15 is 0 Å². The van der Waals surface area contributed by atoms with Crippen molar-refractivity contribution in [3.63, 3.8) is 0 Å². The lowest BCUT2D eigenvalue weighted by atomic mass is 10.2. The van der Waals surface area contributed by atoms with E-state index in [0.717, 1.165) is 23.8 Å². The fraction of sp³-hybridized carbons (Fsp3) is 0.143. The van der Waals surface area contributed by atoms with E-state index in [4.69, 9.17) is 0 Å². The van der Waals surface area contributed by atoms with Crippen LogP contribution in [0.1, 0.15) is 5.56 Å². The van der Waals surface area contributed by atoms with Crippen LogP contribution in [0.3, 0.4) is 0 Å². The SMILES string of the molecule is O=S(=O)(NCCc1ccccc1)c1c(F)cccc1F. The molecule has 0 atom stereocenters. The van der Waals surface area contributed by atoms with Gasteiger partial charge in [-0.3, -0.25) is 0 Å². The predicted molar refractivity (Wildman–Crippen MR) is 71.7 cm³/mol. The minimum absolute atomic E-state index is 0.0696. The molecule has 0 aliphatic carbocycles. The van der Waals surface area contributed by atoms with Gasteiger partial charge in [0.25, 0.3) is 0 Å². The van der Waals surface area contributed by atoms with Crippen molar-refractivity contribution in [1.82, 2.24) is 4.72 Å². The fourth-order valence-corrected chi connectivity index (χ4v) is 2.95. The van der Waals surface area contributed by atoms with Gasteiger partial charge in [0.1, 0.15) is 11.6 Å². The Morgan fingerprint density at radius 1 is 0.900 bits per heavy atom. The predicted octanol–water partition coefficient (Wildman–Crippen LogP) is 2.49. The van der Waals surface area contributed by atoms with E-state index in [1.165, 1.54) is 0 Å². The molecule has 6 heteroatoms. The average molecular weight is 297 g/mol. The number of halogens is 2. The van der Waals surface area contributed by atoms with Gasteiger partial charge in [-0.15, -0.1) is 0 Å². The Bertz CT molecular complexity index is 667. The lowest BCUT2D eigenvalue weighted by Crippen LogP contribution is -2.27. The van der Waals surface area contributed by atoms with Gasteiger partial charge in [0, 0.05) is 6.54 Å². The van der Waals surface area contributed by atoms with E-state index in [0.29, 0.717) is 6.42 Å². The Morgan fingerprint density at radius 2 is 1.50 bits per heavy atom. The summed E-state index contributed by atoms with van der Waals surface area (Å²) >= 11 is 0. The van der Waals surface area contributed by atoms with Crippen LogP contribution in [-0.2, 0) is 16.4 Å². The van der Waals surface area contributed by atoms with Crippen molar-refractivity contribution >= 4 is 10.0 Å². The van der Waals surface area contributed by atoms with Crippen molar-refractivity contribution in [3.05, 3.63) is 65.7 Å². The van der Waals surface area contributed by atoms with Crippen molar-refractivity contribution in [2.24, 2.45) is 0 Å². The van der Waals surface area contributed by atoms with Crippen molar-refractivity contribution in [2.45, 2.75) is 11.3 Å². The van der Waals surface area contributed by atoms with E-state index in [1.54, 1.807) is 0 Å². The molecule has 0 saturated carbocycles. The molecule has 0 saturated heterocycles. The molecule has 0 fully saturated rings. The van der Waals surface area contributed by atoms with Crippen LogP contribution in [0.25, 0.3) is 0 Å². The summed E-state index contributed by atoms with van der Waals surface area (Å²) in [6, 6.07) is 12.1. The second-order valence-electron chi connectivity index (χ2n) is 4.18. The number of sulfonamides is 1. The molecule has 0 radical (unpaired) electrons. The summed E-state index contributed by atoms with van der Waals surface area (Å²) in [6.07, 6.45) is 0.441. The maximum absolute atomic E-state index is 13.4. The first-order valence-corrected chi connectivity index (χ1v) is 7.46. The van der Waals surface area contributed by atoms with Crippen LogP contribution >= 0.6 is 0 Å². The zero-order valence-electron chi connectivity index (χ0n) is 10.5. The molecule has 0 amide bonds. The zero-order chi connectivity index (χ0) is 14.6. The maximum atomic E-state index is 13.4. The van der Waals surface area contributed by atoms with Crippen molar-refractivity contribution in [3.8, 4) is 0 Å². The minimum atomic E-state index is -4.19. The lowest BCUT2D eigenvalue weighted by molar-refractivity contribution is 0.514. The summed E-state index contributed by atoms with van der Waals surface area (Å²) in [5.41, 5.74) is 0.934. The zero-order valence-corrected chi connectivity index (χ0v) is 11.3. The molecule has 2 aromatic carbocycles. The minimum Gasteiger partial charge on any atom is -0.211 e. The molecule has 1 N–H and O–H groups in total. The van der Waals surface area contributed by atoms with Crippen LogP contribution in [0.5, 0.6) is 0 Å². The van der Waals surface area contributed by atoms with Crippen LogP contribution in [0.15, 0.2) is 53.4 Å². The normalized spacial score (nSPS) is 11.5.